The second-order valence-electron chi connectivity index (χ2n) is 6.11. The molecule has 1 fully saturated rings. The Balaban J connectivity index is 1.49. The van der Waals surface area contributed by atoms with Gasteiger partial charge in [-0.2, -0.15) is 0 Å². The van der Waals surface area contributed by atoms with Gasteiger partial charge in [0.2, 0.25) is 0 Å². The van der Waals surface area contributed by atoms with Crippen molar-refractivity contribution in [3.8, 4) is 0 Å². The number of hydrogen-bond acceptors (Lipinski definition) is 0. The molecule has 0 aromatic heterocycles. The van der Waals surface area contributed by atoms with Gasteiger partial charge in [-0.1, -0.05) is 24.3 Å². The second kappa shape index (κ2) is 6.99. The Hall–Kier alpha value is -1.78. The van der Waals surface area contributed by atoms with Crippen LogP contribution in [0.5, 0.6) is 0 Å². The zero-order valence-electron chi connectivity index (χ0n) is 12.6. The monoisotopic (exact) mass is 304 g/mol. The van der Waals surface area contributed by atoms with E-state index in [9.17, 15) is 8.78 Å². The zero-order chi connectivity index (χ0) is 15.4. The molecule has 0 aliphatic carbocycles. The Morgan fingerprint density at radius 3 is 1.86 bits per heavy atom. The highest BCUT2D eigenvalue weighted by Gasteiger charge is 2.23. The molecule has 116 valence electrons. The van der Waals surface area contributed by atoms with Gasteiger partial charge < -0.3 is 9.80 Å². The van der Waals surface area contributed by atoms with E-state index in [4.69, 9.17) is 0 Å². The van der Waals surface area contributed by atoms with Gasteiger partial charge in [0.05, 0.1) is 0 Å². The number of quaternary nitrogens is 2. The second-order valence-corrected chi connectivity index (χ2v) is 6.11. The molecule has 0 saturated carbocycles. The van der Waals surface area contributed by atoms with E-state index < -0.39 is 0 Å². The molecule has 0 spiro atoms. The highest BCUT2D eigenvalue weighted by molar-refractivity contribution is 5.15. The van der Waals surface area contributed by atoms with Crippen molar-refractivity contribution >= 4 is 0 Å². The third kappa shape index (κ3) is 4.12. The predicted molar refractivity (Wildman–Crippen MR) is 81.6 cm³/mol. The molecule has 1 aliphatic heterocycles. The van der Waals surface area contributed by atoms with Crippen LogP contribution in [0.2, 0.25) is 0 Å². The van der Waals surface area contributed by atoms with E-state index in [1.807, 2.05) is 18.2 Å². The SMILES string of the molecule is Fc1ccc(C[NH+]2CC[NH+](Cc3cccc(F)c3)CC2)cc1. The maximum atomic E-state index is 13.2. The lowest BCUT2D eigenvalue weighted by Crippen LogP contribution is -3.27. The minimum absolute atomic E-state index is 0.155. The fraction of sp³-hybridized carbons (Fsp3) is 0.333. The van der Waals surface area contributed by atoms with Crippen molar-refractivity contribution in [1.82, 2.24) is 0 Å². The smallest absolute Gasteiger partial charge is 0.127 e. The summed E-state index contributed by atoms with van der Waals surface area (Å²) in [6.45, 7) is 6.22. The predicted octanol–water partition coefficient (Wildman–Crippen LogP) is 0.448. The van der Waals surface area contributed by atoms with Gasteiger partial charge >= 0.3 is 0 Å². The Labute approximate surface area is 130 Å². The summed E-state index contributed by atoms with van der Waals surface area (Å²) in [6, 6.07) is 13.7. The quantitative estimate of drug-likeness (QED) is 0.812. The van der Waals surface area contributed by atoms with E-state index in [1.54, 1.807) is 12.1 Å². The average molecular weight is 304 g/mol. The molecule has 0 bridgehead atoms. The van der Waals surface area contributed by atoms with Crippen molar-refractivity contribution < 1.29 is 18.6 Å². The fourth-order valence-electron chi connectivity index (χ4n) is 3.14. The molecular formula is C18H22F2N2+2. The van der Waals surface area contributed by atoms with Crippen LogP contribution in [-0.2, 0) is 13.1 Å². The summed E-state index contributed by atoms with van der Waals surface area (Å²) in [5.74, 6) is -0.333. The molecule has 2 aromatic carbocycles. The summed E-state index contributed by atoms with van der Waals surface area (Å²) in [5, 5.41) is 0. The molecule has 4 heteroatoms. The number of hydrogen-bond donors (Lipinski definition) is 2. The van der Waals surface area contributed by atoms with E-state index >= 15 is 0 Å². The van der Waals surface area contributed by atoms with Crippen molar-refractivity contribution in [3.05, 3.63) is 71.3 Å². The van der Waals surface area contributed by atoms with Crippen molar-refractivity contribution in [3.63, 3.8) is 0 Å². The molecule has 0 radical (unpaired) electrons. The maximum absolute atomic E-state index is 13.2. The van der Waals surface area contributed by atoms with E-state index in [1.165, 1.54) is 33.6 Å². The molecule has 2 aromatic rings. The summed E-state index contributed by atoms with van der Waals surface area (Å²) in [4.78, 5) is 3.04. The molecule has 0 unspecified atom stereocenters. The number of nitrogens with one attached hydrogen (secondary N) is 2. The molecule has 0 atom stereocenters. The van der Waals surface area contributed by atoms with Gasteiger partial charge in [-0.25, -0.2) is 8.78 Å². The summed E-state index contributed by atoms with van der Waals surface area (Å²) >= 11 is 0. The molecule has 3 rings (SSSR count). The van der Waals surface area contributed by atoms with E-state index in [0.29, 0.717) is 0 Å². The van der Waals surface area contributed by atoms with E-state index in [2.05, 4.69) is 0 Å². The van der Waals surface area contributed by atoms with Crippen LogP contribution in [0, 0.1) is 11.6 Å². The zero-order valence-corrected chi connectivity index (χ0v) is 12.6. The molecule has 1 heterocycles. The van der Waals surface area contributed by atoms with E-state index in [0.717, 1.165) is 44.8 Å². The van der Waals surface area contributed by atoms with Crippen LogP contribution in [0.25, 0.3) is 0 Å². The minimum Gasteiger partial charge on any atom is -0.322 e. The van der Waals surface area contributed by atoms with Crippen molar-refractivity contribution in [2.24, 2.45) is 0 Å². The normalized spacial score (nSPS) is 21.7. The van der Waals surface area contributed by atoms with Crippen LogP contribution in [-0.4, -0.2) is 26.2 Å². The van der Waals surface area contributed by atoms with Crippen molar-refractivity contribution in [1.29, 1.82) is 0 Å². The van der Waals surface area contributed by atoms with E-state index in [-0.39, 0.29) is 11.6 Å². The molecular weight excluding hydrogens is 282 g/mol. The minimum atomic E-state index is -0.178. The largest absolute Gasteiger partial charge is 0.322 e. The van der Waals surface area contributed by atoms with Crippen LogP contribution >= 0.6 is 0 Å². The topological polar surface area (TPSA) is 8.88 Å². The summed E-state index contributed by atoms with van der Waals surface area (Å²) in [5.41, 5.74) is 2.25. The number of benzene rings is 2. The van der Waals surface area contributed by atoms with Gasteiger partial charge in [0.25, 0.3) is 0 Å². The van der Waals surface area contributed by atoms with Gasteiger partial charge in [0, 0.05) is 11.1 Å². The average Bonchev–Trinajstić information content (AvgIpc) is 2.52. The lowest BCUT2D eigenvalue weighted by molar-refractivity contribution is -1.02. The molecule has 2 nitrogen and oxygen atoms in total. The highest BCUT2D eigenvalue weighted by Crippen LogP contribution is 2.02. The van der Waals surface area contributed by atoms with Gasteiger partial charge in [-0.05, 0) is 24.3 Å². The highest BCUT2D eigenvalue weighted by atomic mass is 19.1. The van der Waals surface area contributed by atoms with Crippen LogP contribution in [0.3, 0.4) is 0 Å². The van der Waals surface area contributed by atoms with Crippen LogP contribution in [0.15, 0.2) is 48.5 Å². The van der Waals surface area contributed by atoms with Crippen LogP contribution in [0.1, 0.15) is 11.1 Å². The molecule has 1 aliphatic rings. The Morgan fingerprint density at radius 2 is 1.27 bits per heavy atom. The standard InChI is InChI=1S/C18H20F2N2/c19-17-6-4-15(5-7-17)13-21-8-10-22(11-9-21)14-16-2-1-3-18(20)12-16/h1-7,12H,8-11,13-14H2/p+2. The summed E-state index contributed by atoms with van der Waals surface area (Å²) < 4.78 is 26.1. The third-order valence-electron chi connectivity index (χ3n) is 4.37. The molecule has 2 N–H and O–H groups in total. The van der Waals surface area contributed by atoms with Gasteiger partial charge in [-0.15, -0.1) is 0 Å². The van der Waals surface area contributed by atoms with Crippen LogP contribution < -0.4 is 9.80 Å². The number of rotatable bonds is 4. The Morgan fingerprint density at radius 1 is 0.682 bits per heavy atom. The first kappa shape index (κ1) is 15.1. The van der Waals surface area contributed by atoms with Gasteiger partial charge in [-0.3, -0.25) is 0 Å². The summed E-state index contributed by atoms with van der Waals surface area (Å²) in [6.07, 6.45) is 0. The van der Waals surface area contributed by atoms with Crippen molar-refractivity contribution in [2.75, 3.05) is 26.2 Å². The Kier molecular flexibility index (Phi) is 4.80. The first-order valence-electron chi connectivity index (χ1n) is 7.85. The number of halogens is 2. The lowest BCUT2D eigenvalue weighted by Gasteiger charge is -2.29. The van der Waals surface area contributed by atoms with Crippen LogP contribution in [0.4, 0.5) is 8.78 Å². The van der Waals surface area contributed by atoms with Gasteiger partial charge in [0.15, 0.2) is 0 Å². The molecule has 0 amide bonds. The van der Waals surface area contributed by atoms with Gasteiger partial charge in [0.1, 0.15) is 50.9 Å². The van der Waals surface area contributed by atoms with Crippen molar-refractivity contribution in [2.45, 2.75) is 13.1 Å². The lowest BCUT2D eigenvalue weighted by atomic mass is 10.1. The molecule has 22 heavy (non-hydrogen) atoms. The third-order valence-corrected chi connectivity index (χ3v) is 4.37. The maximum Gasteiger partial charge on any atom is 0.127 e. The first-order chi connectivity index (χ1) is 10.7. The molecule has 1 saturated heterocycles. The summed E-state index contributed by atoms with van der Waals surface area (Å²) in [7, 11) is 0. The Bertz CT molecular complexity index is 605. The first-order valence-corrected chi connectivity index (χ1v) is 7.85. The number of piperazine rings is 1. The fourth-order valence-corrected chi connectivity index (χ4v) is 3.14.